The summed E-state index contributed by atoms with van der Waals surface area (Å²) in [4.78, 5) is 6.84. The molecule has 0 atom stereocenters. The molecule has 0 radical (unpaired) electrons. The molecule has 1 aromatic rings. The van der Waals surface area contributed by atoms with E-state index < -0.39 is 0 Å². The van der Waals surface area contributed by atoms with Gasteiger partial charge in [0.15, 0.2) is 5.96 Å². The van der Waals surface area contributed by atoms with Gasteiger partial charge < -0.3 is 20.1 Å². The maximum atomic E-state index is 5.40. The minimum atomic E-state index is 0. The van der Waals surface area contributed by atoms with Gasteiger partial charge in [0, 0.05) is 32.1 Å². The van der Waals surface area contributed by atoms with Gasteiger partial charge in [-0.15, -0.1) is 24.0 Å². The third-order valence-electron chi connectivity index (χ3n) is 4.41. The molecule has 0 saturated carbocycles. The van der Waals surface area contributed by atoms with Gasteiger partial charge in [-0.05, 0) is 45.3 Å². The van der Waals surface area contributed by atoms with Crippen LogP contribution < -0.4 is 10.6 Å². The van der Waals surface area contributed by atoms with Crippen LogP contribution in [0.5, 0.6) is 0 Å². The smallest absolute Gasteiger partial charge is 0.191 e. The van der Waals surface area contributed by atoms with Crippen molar-refractivity contribution in [3.8, 4) is 0 Å². The van der Waals surface area contributed by atoms with Crippen molar-refractivity contribution >= 4 is 29.9 Å². The Balaban J connectivity index is 0.00000288. The van der Waals surface area contributed by atoms with Gasteiger partial charge in [-0.3, -0.25) is 4.99 Å². The van der Waals surface area contributed by atoms with Crippen LogP contribution in [0.15, 0.2) is 9.52 Å². The Bertz CT molecular complexity index is 476. The summed E-state index contributed by atoms with van der Waals surface area (Å²) in [5.74, 6) is 1.82. The lowest BCUT2D eigenvalue weighted by atomic mass is 10.1. The molecule has 138 valence electrons. The highest BCUT2D eigenvalue weighted by Gasteiger charge is 2.14. The summed E-state index contributed by atoms with van der Waals surface area (Å²) in [6, 6.07) is 0. The minimum absolute atomic E-state index is 0. The number of nitrogens with one attached hydrogen (secondary N) is 2. The maximum Gasteiger partial charge on any atom is 0.191 e. The van der Waals surface area contributed by atoms with Crippen LogP contribution in [-0.2, 0) is 19.4 Å². The molecule has 6 nitrogen and oxygen atoms in total. The van der Waals surface area contributed by atoms with E-state index in [1.807, 2.05) is 7.05 Å². The van der Waals surface area contributed by atoms with E-state index in [0.717, 1.165) is 43.2 Å². The Labute approximate surface area is 162 Å². The molecule has 0 unspecified atom stereocenters. The molecule has 0 aromatic carbocycles. The molecule has 1 aliphatic heterocycles. The topological polar surface area (TPSA) is 65.7 Å². The summed E-state index contributed by atoms with van der Waals surface area (Å²) in [7, 11) is 1.81. The molecule has 0 spiro atoms. The maximum absolute atomic E-state index is 5.40. The average molecular weight is 449 g/mol. The summed E-state index contributed by atoms with van der Waals surface area (Å²) in [5, 5.41) is 10.9. The average Bonchev–Trinajstić information content (AvgIpc) is 3.23. The Morgan fingerprint density at radius 3 is 2.58 bits per heavy atom. The Kier molecular flexibility index (Phi) is 10.3. The third kappa shape index (κ3) is 6.23. The molecular weight excluding hydrogens is 417 g/mol. The summed E-state index contributed by atoms with van der Waals surface area (Å²) < 4.78 is 5.40. The van der Waals surface area contributed by atoms with Crippen molar-refractivity contribution in [2.75, 3.05) is 33.2 Å². The van der Waals surface area contributed by atoms with E-state index in [1.165, 1.54) is 38.0 Å². The van der Waals surface area contributed by atoms with E-state index in [2.05, 4.69) is 39.5 Å². The molecule has 1 aromatic heterocycles. The van der Waals surface area contributed by atoms with Gasteiger partial charge >= 0.3 is 0 Å². The van der Waals surface area contributed by atoms with E-state index >= 15 is 0 Å². The molecule has 24 heavy (non-hydrogen) atoms. The van der Waals surface area contributed by atoms with Crippen LogP contribution in [0.3, 0.4) is 0 Å². The van der Waals surface area contributed by atoms with E-state index in [0.29, 0.717) is 6.54 Å². The van der Waals surface area contributed by atoms with E-state index in [-0.39, 0.29) is 24.0 Å². The fraction of sp³-hybridized carbons (Fsp3) is 0.765. The molecule has 0 aliphatic carbocycles. The summed E-state index contributed by atoms with van der Waals surface area (Å²) in [5.41, 5.74) is 2.22. The molecule has 1 saturated heterocycles. The van der Waals surface area contributed by atoms with E-state index in [1.54, 1.807) is 0 Å². The predicted molar refractivity (Wildman–Crippen MR) is 109 cm³/mol. The number of aromatic nitrogens is 1. The minimum Gasteiger partial charge on any atom is -0.361 e. The zero-order valence-corrected chi connectivity index (χ0v) is 17.6. The van der Waals surface area contributed by atoms with Crippen molar-refractivity contribution in [3.63, 3.8) is 0 Å². The largest absolute Gasteiger partial charge is 0.361 e. The van der Waals surface area contributed by atoms with Gasteiger partial charge in [-0.2, -0.15) is 0 Å². The highest BCUT2D eigenvalue weighted by molar-refractivity contribution is 14.0. The number of hydrogen-bond donors (Lipinski definition) is 2. The molecule has 2 N–H and O–H groups in total. The second-order valence-electron chi connectivity index (χ2n) is 5.99. The van der Waals surface area contributed by atoms with E-state index in [4.69, 9.17) is 4.52 Å². The van der Waals surface area contributed by atoms with Crippen molar-refractivity contribution in [1.29, 1.82) is 0 Å². The Morgan fingerprint density at radius 2 is 1.96 bits per heavy atom. The Morgan fingerprint density at radius 1 is 1.21 bits per heavy atom. The monoisotopic (exact) mass is 449 g/mol. The fourth-order valence-corrected chi connectivity index (χ4v) is 3.05. The number of nitrogens with zero attached hydrogens (tertiary/aromatic N) is 3. The van der Waals surface area contributed by atoms with Gasteiger partial charge in [0.2, 0.25) is 0 Å². The van der Waals surface area contributed by atoms with Crippen LogP contribution in [0.25, 0.3) is 0 Å². The molecule has 0 bridgehead atoms. The first-order valence-corrected chi connectivity index (χ1v) is 8.91. The zero-order valence-electron chi connectivity index (χ0n) is 15.2. The van der Waals surface area contributed by atoms with Crippen molar-refractivity contribution < 1.29 is 4.52 Å². The fourth-order valence-electron chi connectivity index (χ4n) is 3.05. The number of hydrogen-bond acceptors (Lipinski definition) is 4. The molecule has 2 rings (SSSR count). The number of aryl methyl sites for hydroxylation is 2. The third-order valence-corrected chi connectivity index (χ3v) is 4.41. The normalized spacial score (nSPS) is 15.4. The summed E-state index contributed by atoms with van der Waals surface area (Å²) in [6.45, 7) is 9.56. The zero-order chi connectivity index (χ0) is 16.5. The SMILES string of the molecule is CCc1noc(CC)c1CNC(=NC)NCCCN1CCCC1.I. The lowest BCUT2D eigenvalue weighted by Gasteiger charge is -2.16. The number of guanidine groups is 1. The molecule has 2 heterocycles. The van der Waals surface area contributed by atoms with Gasteiger partial charge in [-0.1, -0.05) is 19.0 Å². The molecular formula is C17H32IN5O. The standard InChI is InChI=1S/C17H31N5O.HI/c1-4-15-14(16(5-2)23-21-15)13-20-17(18-3)19-9-8-12-22-10-6-7-11-22;/h4-13H2,1-3H3,(H2,18,19,20);1H. The highest BCUT2D eigenvalue weighted by Crippen LogP contribution is 2.15. The van der Waals surface area contributed by atoms with Crippen LogP contribution in [0.2, 0.25) is 0 Å². The van der Waals surface area contributed by atoms with Crippen LogP contribution in [0, 0.1) is 0 Å². The lowest BCUT2D eigenvalue weighted by molar-refractivity contribution is 0.334. The predicted octanol–water partition coefficient (Wildman–Crippen LogP) is 2.57. The number of rotatable bonds is 8. The van der Waals surface area contributed by atoms with Crippen LogP contribution >= 0.6 is 24.0 Å². The molecule has 1 fully saturated rings. The van der Waals surface area contributed by atoms with Crippen LogP contribution in [-0.4, -0.2) is 49.2 Å². The lowest BCUT2D eigenvalue weighted by Crippen LogP contribution is -2.38. The van der Waals surface area contributed by atoms with Crippen molar-refractivity contribution in [1.82, 2.24) is 20.7 Å². The number of aliphatic imine (C=N–C) groups is 1. The summed E-state index contributed by atoms with van der Waals surface area (Å²) >= 11 is 0. The summed E-state index contributed by atoms with van der Waals surface area (Å²) in [6.07, 6.45) is 5.62. The quantitative estimate of drug-likeness (QED) is 0.277. The van der Waals surface area contributed by atoms with Crippen molar-refractivity contribution in [3.05, 3.63) is 17.0 Å². The first-order chi connectivity index (χ1) is 11.3. The first-order valence-electron chi connectivity index (χ1n) is 8.91. The van der Waals surface area contributed by atoms with Gasteiger partial charge in [0.25, 0.3) is 0 Å². The molecule has 1 aliphatic rings. The van der Waals surface area contributed by atoms with Crippen LogP contribution in [0.1, 0.15) is 50.1 Å². The number of halogens is 1. The van der Waals surface area contributed by atoms with Gasteiger partial charge in [-0.25, -0.2) is 0 Å². The van der Waals surface area contributed by atoms with Crippen LogP contribution in [0.4, 0.5) is 0 Å². The van der Waals surface area contributed by atoms with E-state index in [9.17, 15) is 0 Å². The molecule has 7 heteroatoms. The second-order valence-corrected chi connectivity index (χ2v) is 5.99. The van der Waals surface area contributed by atoms with Crippen molar-refractivity contribution in [2.24, 2.45) is 4.99 Å². The second kappa shape index (κ2) is 11.7. The Hall–Kier alpha value is -0.830. The van der Waals surface area contributed by atoms with Crippen molar-refractivity contribution in [2.45, 2.75) is 52.5 Å². The molecule has 0 amide bonds. The number of likely N-dealkylation sites (tertiary alicyclic amines) is 1. The van der Waals surface area contributed by atoms with Gasteiger partial charge in [0.05, 0.1) is 5.69 Å². The van der Waals surface area contributed by atoms with Gasteiger partial charge in [0.1, 0.15) is 5.76 Å². The first kappa shape index (κ1) is 21.2. The highest BCUT2D eigenvalue weighted by atomic mass is 127.